The molecule has 150 heavy (non-hydrogen) atoms. The molecule has 6 aromatic heterocycles. The lowest BCUT2D eigenvalue weighted by molar-refractivity contribution is -0.120. The second kappa shape index (κ2) is 47.1. The molecule has 788 valence electrons. The third-order valence-electron chi connectivity index (χ3n) is 28.3. The van der Waals surface area contributed by atoms with Crippen LogP contribution in [0.2, 0.25) is 0 Å². The Kier molecular flexibility index (Phi) is 33.9. The highest BCUT2D eigenvalue weighted by Gasteiger charge is 2.36. The predicted molar refractivity (Wildman–Crippen MR) is 574 cm³/mol. The minimum Gasteiger partial charge on any atom is -0.395 e. The summed E-state index contributed by atoms with van der Waals surface area (Å²) in [6.45, 7) is 1.20. The van der Waals surface area contributed by atoms with Gasteiger partial charge in [0, 0.05) is 210 Å². The quantitative estimate of drug-likeness (QED) is 0.0180. The van der Waals surface area contributed by atoms with Gasteiger partial charge in [-0.2, -0.15) is 8.61 Å². The molecule has 0 bridgehead atoms. The number of aliphatic hydroxyl groups is 1. The van der Waals surface area contributed by atoms with Crippen molar-refractivity contribution in [2.75, 3.05) is 73.1 Å². The molecule has 5 aliphatic carbocycles. The number of benzene rings is 4. The van der Waals surface area contributed by atoms with Crippen LogP contribution in [0.5, 0.6) is 0 Å². The highest BCUT2D eigenvalue weighted by atomic mass is 32.2. The van der Waals surface area contributed by atoms with E-state index in [0.29, 0.717) is 153 Å². The summed E-state index contributed by atoms with van der Waals surface area (Å²) >= 11 is 1.70. The van der Waals surface area contributed by atoms with Crippen LogP contribution in [0.3, 0.4) is 0 Å². The van der Waals surface area contributed by atoms with E-state index in [-0.39, 0.29) is 121 Å². The topological polar surface area (TPSA) is 498 Å². The number of nitrogens with one attached hydrogen (secondary N) is 10. The van der Waals surface area contributed by atoms with Crippen LogP contribution in [0, 0.1) is 0 Å². The Bertz CT molecular complexity index is 7750. The summed E-state index contributed by atoms with van der Waals surface area (Å²) in [6, 6.07) is 50.2. The highest BCUT2D eigenvalue weighted by molar-refractivity contribution is 7.98. The van der Waals surface area contributed by atoms with E-state index in [1.807, 2.05) is 103 Å². The first-order valence-electron chi connectivity index (χ1n) is 50.8. The summed E-state index contributed by atoms with van der Waals surface area (Å²) in [4.78, 5) is 142. The normalized spacial score (nSPS) is 20.4. The summed E-state index contributed by atoms with van der Waals surface area (Å²) in [6.07, 6.45) is 30.8. The number of hydrogen-bond donors (Lipinski definition) is 11. The van der Waals surface area contributed by atoms with Gasteiger partial charge < -0.3 is 61.3 Å². The molecule has 5 saturated carbocycles. The maximum atomic E-state index is 13.0. The highest BCUT2D eigenvalue weighted by Crippen LogP contribution is 2.44. The fraction of sp³-hybridized carbons (Fsp3) is 0.378. The van der Waals surface area contributed by atoms with E-state index in [1.165, 1.54) is 59.0 Å². The lowest BCUT2D eigenvalue weighted by Crippen LogP contribution is -2.40. The molecule has 12 heterocycles. The molecule has 5 atom stereocenters. The van der Waals surface area contributed by atoms with Crippen LogP contribution in [0.15, 0.2) is 250 Å². The summed E-state index contributed by atoms with van der Waals surface area (Å²) in [5.74, 6) is 1.79. The number of ether oxygens (including phenoxy) is 1. The Morgan fingerprint density at radius 2 is 0.667 bits per heavy atom. The third kappa shape index (κ3) is 27.6. The number of pyridine rings is 6. The average molecular weight is 2130 g/mol. The van der Waals surface area contributed by atoms with Gasteiger partial charge in [-0.1, -0.05) is 121 Å². The molecule has 11 aliphatic rings. The smallest absolute Gasteiger partial charge is 0.251 e. The number of aliphatic hydroxyl groups excluding tert-OH is 1. The number of hydrogen-bond acceptors (Lipinski definition) is 22. The lowest BCUT2D eigenvalue weighted by Gasteiger charge is -2.26. The monoisotopic (exact) mass is 2130 g/mol. The number of nitrogens with zero attached hydrogens (tertiary/aromatic N) is 4. The number of rotatable bonds is 31. The van der Waals surface area contributed by atoms with Crippen LogP contribution >= 0.6 is 11.8 Å². The van der Waals surface area contributed by atoms with Gasteiger partial charge in [-0.05, 0) is 239 Å². The first-order valence-corrected chi connectivity index (χ1v) is 58.4. The molecule has 39 heteroatoms. The van der Waals surface area contributed by atoms with Crippen molar-refractivity contribution < 1.29 is 67.5 Å². The van der Waals surface area contributed by atoms with Crippen LogP contribution in [0.1, 0.15) is 248 Å². The van der Waals surface area contributed by atoms with Crippen LogP contribution in [-0.2, 0) is 74.4 Å². The molecule has 6 aliphatic heterocycles. The summed E-state index contributed by atoms with van der Waals surface area (Å²) in [5, 5.41) is 23.7. The number of carbonyl (C=O) groups is 5. The van der Waals surface area contributed by atoms with Crippen molar-refractivity contribution in [2.45, 2.75) is 214 Å². The molecule has 5 amide bonds. The summed E-state index contributed by atoms with van der Waals surface area (Å²) in [5.41, 5.74) is 15.8. The molecule has 21 rings (SSSR count). The van der Waals surface area contributed by atoms with E-state index in [4.69, 9.17) is 9.84 Å². The third-order valence-corrected chi connectivity index (χ3v) is 35.6. The second-order valence-corrected chi connectivity index (χ2v) is 48.9. The Balaban J connectivity index is 0.000000128. The van der Waals surface area contributed by atoms with Crippen LogP contribution in [-0.4, -0.2) is 214 Å². The number of aromatic amines is 5. The molecule has 10 aromatic rings. The molecule has 6 saturated heterocycles. The number of morpholine rings is 1. The van der Waals surface area contributed by atoms with Crippen molar-refractivity contribution in [2.24, 2.45) is 0 Å². The SMILES string of the molecule is CN(C)S(=O)(=O)Cc1ccc(/C(=C\[C@H]2CCC(=O)N2)c2ccc(C3CC3)c(=O)[nH]2)cc1.CN(CCO)S(=O)(=O)c1ccc(/C(=C\[C@H]2CCC(=O)N2)c2ccc(C3CC3)c(=O)[nH]2)cc1.CS(=O)(=O)c1ccc(/C(=C\[C@H]2CCC(=O)N2)c2ccc(C3CC3)c(=O)[nH]2)cn1.CSc1ccc(/C(=C\[C@H]2CCC(=O)N2)c2ccc(C3CC3)c(=O)[nH]2)cc1.O=C1CC[C@H](/C=C(\c2ccc(S(=O)(=O)N3CCOCC3)cc2)c2ccc(C3CC3)c(=O)[nH]2)N1. The van der Waals surface area contributed by atoms with Gasteiger partial charge in [-0.3, -0.25) is 47.9 Å². The minimum absolute atomic E-state index is 0.000118. The second-order valence-electron chi connectivity index (χ2n) is 39.9. The van der Waals surface area contributed by atoms with Gasteiger partial charge in [-0.25, -0.2) is 43.0 Å². The van der Waals surface area contributed by atoms with Gasteiger partial charge in [-0.15, -0.1) is 11.8 Å². The lowest BCUT2D eigenvalue weighted by atomic mass is 9.97. The first kappa shape index (κ1) is 108. The number of thioether (sulfide) groups is 1. The number of aromatic nitrogens is 6. The molecular formula is C111H124N14O20S5. The molecular weight excluding hydrogens is 2010 g/mol. The van der Waals surface area contributed by atoms with Crippen molar-refractivity contribution in [3.05, 3.63) is 348 Å². The Morgan fingerprint density at radius 1 is 0.380 bits per heavy atom. The number of likely N-dealkylation sites (N-methyl/N-ethyl adjacent to an activating group) is 1. The van der Waals surface area contributed by atoms with Crippen molar-refractivity contribution in [3.63, 3.8) is 0 Å². The molecule has 4 aromatic carbocycles. The molecule has 0 unspecified atom stereocenters. The van der Waals surface area contributed by atoms with Crippen molar-refractivity contribution in [3.8, 4) is 0 Å². The Hall–Kier alpha value is -13.2. The molecule has 0 spiro atoms. The molecule has 11 fully saturated rings. The van der Waals surface area contributed by atoms with Crippen molar-refractivity contribution >= 4 is 109 Å². The van der Waals surface area contributed by atoms with E-state index < -0.39 is 39.9 Å². The van der Waals surface area contributed by atoms with Crippen LogP contribution < -0.4 is 54.4 Å². The summed E-state index contributed by atoms with van der Waals surface area (Å²) in [7, 11) is -9.61. The molecule has 0 radical (unpaired) electrons. The standard InChI is InChI=1S/C24H27N3O5S.C23H27N3O5S.C23H27N3O4S.C21H22N2O2S.C20H21N3O4S/c28-23-10-5-18(25-23)15-21(22-9-8-20(16-1-2-16)24(29)26-22)17-3-6-19(7-4-17)33(30,31)27-11-13-32-14-12-27;1-26(12-13-27)32(30,31)18-7-4-16(5-8-18)20(14-17-6-11-22(28)24-17)21-10-9-19(15-2-3-15)23(29)25-21;1-26(2)31(29,30)14-15-3-5-17(6-4-15)20(13-18-9-12-22(27)24-18)21-11-10-19(16-7-8-16)23(28)25-21;1-26-16-7-4-14(5-8-16)18(12-15-6-11-20(24)22-15)19-10-9-17(13-2-3-13)21(25)23-19;1-28(26,27)19-9-4-13(11-21-19)16(10-14-5-8-18(24)22-14)17-7-6-15(12-2-3-12)20(25)23-17/h3-4,6-9,15-16,18H,1-2,5,10-14H2,(H,25,28)(H,26,29);4-5,7-10,14-15,17,27H,2-3,6,11-13H2,1H3,(H,24,28)(H,25,29);3-6,10-11,13,16,18H,7-9,12,14H2,1-2H3,(H,24,27)(H,25,28);4-5,7-10,12-13,15H,2-3,6,11H2,1H3,(H,22,24)(H,23,25);4,6-7,9-12,14H,2-3,5,8H2,1H3,(H,22,24)(H,23,25)/b21-15+;20-14+;20-13+;18-12+;16-10+/t18-;17-;18-;15-;14-/m11111/s1. The zero-order valence-corrected chi connectivity index (χ0v) is 88.1. The van der Waals surface area contributed by atoms with E-state index in [1.54, 1.807) is 66.4 Å². The minimum atomic E-state index is -3.71. The zero-order valence-electron chi connectivity index (χ0n) is 84.0. The molecule has 34 nitrogen and oxygen atoms in total. The number of carbonyl (C=O) groups excluding carboxylic acids is 5. The fourth-order valence-corrected chi connectivity index (χ4v) is 23.4. The number of sulfonamides is 3. The Labute approximate surface area is 874 Å². The zero-order chi connectivity index (χ0) is 106. The fourth-order valence-electron chi connectivity index (χ4n) is 19.0. The van der Waals surface area contributed by atoms with Gasteiger partial charge in [0.2, 0.25) is 59.6 Å². The van der Waals surface area contributed by atoms with Crippen LogP contribution in [0.25, 0.3) is 27.9 Å². The number of sulfone groups is 1. The largest absolute Gasteiger partial charge is 0.395 e. The predicted octanol–water partition coefficient (Wildman–Crippen LogP) is 11.4. The van der Waals surface area contributed by atoms with E-state index in [0.717, 1.165) is 159 Å². The van der Waals surface area contributed by atoms with Gasteiger partial charge >= 0.3 is 0 Å². The van der Waals surface area contributed by atoms with E-state index >= 15 is 0 Å². The van der Waals surface area contributed by atoms with Gasteiger partial charge in [0.15, 0.2) is 14.9 Å². The molecule has 11 N–H and O–H groups in total. The maximum absolute atomic E-state index is 13.0. The van der Waals surface area contributed by atoms with Crippen molar-refractivity contribution in [1.29, 1.82) is 0 Å². The van der Waals surface area contributed by atoms with Gasteiger partial charge in [0.1, 0.15) is 0 Å². The maximum Gasteiger partial charge on any atom is 0.251 e. The van der Waals surface area contributed by atoms with Gasteiger partial charge in [0.05, 0.1) is 35.4 Å². The number of H-pyrrole nitrogens is 5. The Morgan fingerprint density at radius 3 is 0.920 bits per heavy atom. The first-order chi connectivity index (χ1) is 71.9. The van der Waals surface area contributed by atoms with E-state index in [9.17, 15) is 81.6 Å². The van der Waals surface area contributed by atoms with Gasteiger partial charge in [0.25, 0.3) is 27.8 Å². The van der Waals surface area contributed by atoms with E-state index in [2.05, 4.69) is 86.8 Å². The number of amides is 5. The van der Waals surface area contributed by atoms with Crippen molar-refractivity contribution in [1.82, 2.24) is 69.4 Å². The summed E-state index contributed by atoms with van der Waals surface area (Å²) < 4.78 is 108. The van der Waals surface area contributed by atoms with Crippen LogP contribution in [0.4, 0.5) is 0 Å². The average Bonchev–Trinajstić information content (AvgIpc) is 1.57.